The van der Waals surface area contributed by atoms with Gasteiger partial charge in [-0.3, -0.25) is 0 Å². The Balaban J connectivity index is 3.03. The first-order chi connectivity index (χ1) is 5.91. The van der Waals surface area contributed by atoms with Gasteiger partial charge in [0.2, 0.25) is 0 Å². The van der Waals surface area contributed by atoms with Crippen LogP contribution in [0, 0.1) is 0 Å². The lowest BCUT2D eigenvalue weighted by atomic mass is 10.3. The van der Waals surface area contributed by atoms with Gasteiger partial charge in [0.15, 0.2) is 5.69 Å². The van der Waals surface area contributed by atoms with E-state index in [-0.39, 0.29) is 0 Å². The van der Waals surface area contributed by atoms with E-state index in [2.05, 4.69) is 10.2 Å². The Kier molecular flexibility index (Phi) is 2.55. The second kappa shape index (κ2) is 3.32. The van der Waals surface area contributed by atoms with Crippen LogP contribution in [0.3, 0.4) is 0 Å². The number of thiol groups is 1. The molecule has 13 heavy (non-hydrogen) atoms. The molecule has 1 N–H and O–H groups in total. The third-order valence-electron chi connectivity index (χ3n) is 1.17. The summed E-state index contributed by atoms with van der Waals surface area (Å²) in [6.07, 6.45) is -4.67. The highest BCUT2D eigenvalue weighted by Crippen LogP contribution is 2.29. The van der Waals surface area contributed by atoms with Crippen molar-refractivity contribution in [2.24, 2.45) is 0 Å². The molecular weight excluding hydrogens is 211 g/mol. The highest BCUT2D eigenvalue weighted by Gasteiger charge is 2.37. The van der Waals surface area contributed by atoms with E-state index >= 15 is 0 Å². The molecule has 0 bridgehead atoms. The molecular formula is C4H4F3N3O2S. The van der Waals surface area contributed by atoms with E-state index in [1.165, 1.54) is 0 Å². The standard InChI is InChI=1S/C4H4F3N3O2S/c5-4(6,7)3-2(1-13(11)12)8-10-9-3/h13H,1H2,(H,8,9,10). The van der Waals surface area contributed by atoms with Gasteiger partial charge in [-0.2, -0.15) is 28.6 Å². The fourth-order valence-corrected chi connectivity index (χ4v) is 1.18. The predicted octanol–water partition coefficient (Wildman–Crippen LogP) is -0.0651. The van der Waals surface area contributed by atoms with Gasteiger partial charge in [0.25, 0.3) is 0 Å². The second-order valence-electron chi connectivity index (χ2n) is 2.11. The van der Waals surface area contributed by atoms with Crippen LogP contribution in [0.1, 0.15) is 11.4 Å². The van der Waals surface area contributed by atoms with Crippen LogP contribution in [0.2, 0.25) is 0 Å². The van der Waals surface area contributed by atoms with E-state index in [1.54, 1.807) is 5.21 Å². The normalized spacial score (nSPS) is 12.3. The third kappa shape index (κ3) is 2.41. The zero-order valence-electron chi connectivity index (χ0n) is 6.00. The summed E-state index contributed by atoms with van der Waals surface area (Å²) in [5, 5.41) is 7.62. The highest BCUT2D eigenvalue weighted by molar-refractivity contribution is 7.71. The molecule has 0 aromatic carbocycles. The summed E-state index contributed by atoms with van der Waals surface area (Å²) >= 11 is 0. The minimum atomic E-state index is -4.67. The molecule has 0 aliphatic heterocycles. The van der Waals surface area contributed by atoms with E-state index in [0.29, 0.717) is 0 Å². The lowest BCUT2D eigenvalue weighted by Crippen LogP contribution is -2.09. The van der Waals surface area contributed by atoms with Gasteiger partial charge in [-0.1, -0.05) is 0 Å². The fourth-order valence-electron chi connectivity index (χ4n) is 0.712. The molecule has 0 fully saturated rings. The van der Waals surface area contributed by atoms with E-state index in [9.17, 15) is 21.6 Å². The van der Waals surface area contributed by atoms with Gasteiger partial charge in [-0.05, 0) is 0 Å². The Hall–Kier alpha value is -1.12. The van der Waals surface area contributed by atoms with Gasteiger partial charge < -0.3 is 0 Å². The number of aromatic nitrogens is 3. The first-order valence-electron chi connectivity index (χ1n) is 3.00. The fraction of sp³-hybridized carbons (Fsp3) is 0.500. The van der Waals surface area contributed by atoms with Crippen molar-refractivity contribution in [1.82, 2.24) is 15.4 Å². The third-order valence-corrected chi connectivity index (χ3v) is 1.73. The number of H-pyrrole nitrogens is 1. The van der Waals surface area contributed by atoms with Gasteiger partial charge in [-0.15, -0.1) is 0 Å². The lowest BCUT2D eigenvalue weighted by molar-refractivity contribution is -0.141. The lowest BCUT2D eigenvalue weighted by Gasteiger charge is -2.01. The minimum absolute atomic E-state index is 0.608. The summed E-state index contributed by atoms with van der Waals surface area (Å²) in [6, 6.07) is 0. The molecule has 0 aliphatic rings. The van der Waals surface area contributed by atoms with E-state index in [1.807, 2.05) is 0 Å². The molecule has 0 aliphatic carbocycles. The van der Waals surface area contributed by atoms with Crippen LogP contribution in [-0.4, -0.2) is 23.8 Å². The summed E-state index contributed by atoms with van der Waals surface area (Å²) in [4.78, 5) is 0. The number of aromatic amines is 1. The number of nitrogens with zero attached hydrogens (tertiary/aromatic N) is 2. The number of rotatable bonds is 2. The minimum Gasteiger partial charge on any atom is -0.231 e. The average molecular weight is 215 g/mol. The Labute approximate surface area is 71.9 Å². The first kappa shape index (κ1) is 9.96. The smallest absolute Gasteiger partial charge is 0.231 e. The molecule has 1 aromatic heterocycles. The molecule has 0 saturated carbocycles. The van der Waals surface area contributed by atoms with Crippen molar-refractivity contribution in [2.75, 3.05) is 0 Å². The number of hydrogen-bond acceptors (Lipinski definition) is 4. The van der Waals surface area contributed by atoms with Crippen LogP contribution in [0.4, 0.5) is 13.2 Å². The molecule has 5 nitrogen and oxygen atoms in total. The Morgan fingerprint density at radius 3 is 2.38 bits per heavy atom. The maximum Gasteiger partial charge on any atom is 0.437 e. The second-order valence-corrected chi connectivity index (χ2v) is 3.09. The SMILES string of the molecule is O=[SH](=O)Cc1n[nH]nc1C(F)(F)F. The van der Waals surface area contributed by atoms with Crippen molar-refractivity contribution in [2.45, 2.75) is 11.9 Å². The summed E-state index contributed by atoms with van der Waals surface area (Å²) in [7, 11) is -2.94. The molecule has 0 radical (unpaired) electrons. The number of alkyl halides is 3. The molecule has 1 heterocycles. The monoisotopic (exact) mass is 215 g/mol. The van der Waals surface area contributed by atoms with Gasteiger partial charge in [-0.25, -0.2) is 8.42 Å². The molecule has 9 heteroatoms. The summed E-state index contributed by atoms with van der Waals surface area (Å²) < 4.78 is 56.3. The molecule has 74 valence electrons. The molecule has 0 saturated heterocycles. The molecule has 0 atom stereocenters. The van der Waals surface area contributed by atoms with Crippen molar-refractivity contribution in [3.8, 4) is 0 Å². The largest absolute Gasteiger partial charge is 0.437 e. The van der Waals surface area contributed by atoms with E-state index in [0.717, 1.165) is 0 Å². The van der Waals surface area contributed by atoms with Crippen LogP contribution in [-0.2, 0) is 22.6 Å². The average Bonchev–Trinajstić information content (AvgIpc) is 2.31. The van der Waals surface area contributed by atoms with Gasteiger partial charge >= 0.3 is 6.18 Å². The zero-order chi connectivity index (χ0) is 10.1. The van der Waals surface area contributed by atoms with Crippen LogP contribution in [0.15, 0.2) is 0 Å². The first-order valence-corrected chi connectivity index (χ1v) is 4.36. The Morgan fingerprint density at radius 1 is 1.31 bits per heavy atom. The molecule has 0 spiro atoms. The zero-order valence-corrected chi connectivity index (χ0v) is 6.89. The number of hydrogen-bond donors (Lipinski definition) is 2. The van der Waals surface area contributed by atoms with Gasteiger partial charge in [0, 0.05) is 0 Å². The molecule has 0 unspecified atom stereocenters. The number of halogens is 3. The highest BCUT2D eigenvalue weighted by atomic mass is 32.2. The van der Waals surface area contributed by atoms with Crippen molar-refractivity contribution in [3.05, 3.63) is 11.4 Å². The molecule has 1 rings (SSSR count). The topological polar surface area (TPSA) is 75.7 Å². The Morgan fingerprint density at radius 2 is 1.92 bits per heavy atom. The maximum atomic E-state index is 12.0. The predicted molar refractivity (Wildman–Crippen MR) is 35.4 cm³/mol. The van der Waals surface area contributed by atoms with Gasteiger partial charge in [0.05, 0.1) is 5.75 Å². The van der Waals surface area contributed by atoms with Crippen molar-refractivity contribution in [3.63, 3.8) is 0 Å². The molecule has 1 aromatic rings. The van der Waals surface area contributed by atoms with Crippen LogP contribution >= 0.6 is 0 Å². The quantitative estimate of drug-likeness (QED) is 0.677. The number of nitrogens with one attached hydrogen (secondary N) is 1. The van der Waals surface area contributed by atoms with E-state index in [4.69, 9.17) is 0 Å². The summed E-state index contributed by atoms with van der Waals surface area (Å²) in [5.41, 5.74) is -1.89. The van der Waals surface area contributed by atoms with Crippen molar-refractivity contribution >= 4 is 10.7 Å². The maximum absolute atomic E-state index is 12.0. The summed E-state index contributed by atoms with van der Waals surface area (Å²) in [5.74, 6) is -0.763. The van der Waals surface area contributed by atoms with Crippen LogP contribution in [0.25, 0.3) is 0 Å². The Bertz CT molecular complexity index is 361. The van der Waals surface area contributed by atoms with Crippen LogP contribution in [0.5, 0.6) is 0 Å². The molecule has 0 amide bonds. The van der Waals surface area contributed by atoms with Crippen LogP contribution < -0.4 is 0 Å². The van der Waals surface area contributed by atoms with Gasteiger partial charge in [0.1, 0.15) is 16.4 Å². The van der Waals surface area contributed by atoms with Crippen molar-refractivity contribution in [1.29, 1.82) is 0 Å². The summed E-state index contributed by atoms with van der Waals surface area (Å²) in [6.45, 7) is 0. The van der Waals surface area contributed by atoms with E-state index < -0.39 is 34.0 Å². The van der Waals surface area contributed by atoms with Crippen molar-refractivity contribution < 1.29 is 21.6 Å².